The number of nitrogens with one attached hydrogen (secondary N) is 2. The fraction of sp³-hybridized carbons (Fsp3) is 0.750. The second-order valence-corrected chi connectivity index (χ2v) is 5.09. The monoisotopic (exact) mass is 254 g/mol. The summed E-state index contributed by atoms with van der Waals surface area (Å²) >= 11 is 0. The number of amides is 2. The largest absolute Gasteiger partial charge is 0.480 e. The summed E-state index contributed by atoms with van der Waals surface area (Å²) < 4.78 is 0. The van der Waals surface area contributed by atoms with Gasteiger partial charge in [-0.25, -0.2) is 0 Å². The zero-order valence-corrected chi connectivity index (χ0v) is 10.2. The topological polar surface area (TPSA) is 95.5 Å². The van der Waals surface area contributed by atoms with E-state index in [1.165, 1.54) is 0 Å². The number of rotatable bonds is 7. The highest BCUT2D eigenvalue weighted by Crippen LogP contribution is 2.45. The van der Waals surface area contributed by atoms with Gasteiger partial charge in [0, 0.05) is 19.0 Å². The van der Waals surface area contributed by atoms with Crippen LogP contribution in [0.1, 0.15) is 38.5 Å². The third kappa shape index (κ3) is 3.00. The summed E-state index contributed by atoms with van der Waals surface area (Å²) in [7, 11) is 0. The molecule has 0 radical (unpaired) electrons. The predicted molar refractivity (Wildman–Crippen MR) is 62.7 cm³/mol. The summed E-state index contributed by atoms with van der Waals surface area (Å²) in [5, 5.41) is 14.3. The van der Waals surface area contributed by atoms with Gasteiger partial charge in [-0.2, -0.15) is 0 Å². The normalized spacial score (nSPS) is 20.0. The van der Waals surface area contributed by atoms with Gasteiger partial charge >= 0.3 is 5.97 Å². The van der Waals surface area contributed by atoms with Gasteiger partial charge in [0.15, 0.2) is 0 Å². The van der Waals surface area contributed by atoms with Gasteiger partial charge in [-0.05, 0) is 32.1 Å². The fourth-order valence-electron chi connectivity index (χ4n) is 1.81. The lowest BCUT2D eigenvalue weighted by Gasteiger charge is -2.10. The molecular formula is C12H18N2O4. The maximum atomic E-state index is 11.6. The van der Waals surface area contributed by atoms with Gasteiger partial charge in [0.2, 0.25) is 11.8 Å². The Morgan fingerprint density at radius 1 is 1.22 bits per heavy atom. The molecule has 0 saturated heterocycles. The number of hydrogen-bond donors (Lipinski definition) is 3. The molecule has 3 N–H and O–H groups in total. The molecule has 0 spiro atoms. The van der Waals surface area contributed by atoms with Crippen molar-refractivity contribution in [1.29, 1.82) is 0 Å². The molecule has 2 aliphatic rings. The van der Waals surface area contributed by atoms with Crippen LogP contribution in [0.15, 0.2) is 0 Å². The van der Waals surface area contributed by atoms with E-state index in [0.717, 1.165) is 12.8 Å². The molecule has 100 valence electrons. The minimum absolute atomic E-state index is 0.00567. The molecule has 2 saturated carbocycles. The van der Waals surface area contributed by atoms with Gasteiger partial charge < -0.3 is 15.7 Å². The molecule has 6 heteroatoms. The number of carboxylic acids is 1. The standard InChI is InChI=1S/C12H18N2O4/c15-9(14-8-3-4-8)2-1-7-13-10(16)12(5-6-12)11(17)18/h8H,1-7H2,(H,13,16)(H,14,15)(H,17,18). The Balaban J connectivity index is 1.59. The molecule has 0 heterocycles. The van der Waals surface area contributed by atoms with E-state index in [0.29, 0.717) is 38.3 Å². The molecule has 18 heavy (non-hydrogen) atoms. The molecule has 2 rings (SSSR count). The molecule has 0 bridgehead atoms. The quantitative estimate of drug-likeness (QED) is 0.441. The second kappa shape index (κ2) is 4.96. The van der Waals surface area contributed by atoms with Crippen molar-refractivity contribution in [2.45, 2.75) is 44.6 Å². The van der Waals surface area contributed by atoms with Crippen molar-refractivity contribution >= 4 is 17.8 Å². The molecule has 2 fully saturated rings. The van der Waals surface area contributed by atoms with Crippen LogP contribution in [0.4, 0.5) is 0 Å². The Morgan fingerprint density at radius 2 is 1.89 bits per heavy atom. The van der Waals surface area contributed by atoms with Crippen molar-refractivity contribution in [3.63, 3.8) is 0 Å². The molecule has 2 aliphatic carbocycles. The first-order valence-corrected chi connectivity index (χ1v) is 6.36. The van der Waals surface area contributed by atoms with Gasteiger partial charge in [-0.1, -0.05) is 0 Å². The summed E-state index contributed by atoms with van der Waals surface area (Å²) in [6.45, 7) is 0.353. The number of carbonyl (C=O) groups is 3. The van der Waals surface area contributed by atoms with Gasteiger partial charge in [0.05, 0.1) is 0 Å². The SMILES string of the molecule is O=C(CCCNC(=O)C1(C(=O)O)CC1)NC1CC1. The van der Waals surface area contributed by atoms with E-state index < -0.39 is 17.3 Å². The molecule has 0 aromatic carbocycles. The van der Waals surface area contributed by atoms with Crippen molar-refractivity contribution < 1.29 is 19.5 Å². The fourth-order valence-corrected chi connectivity index (χ4v) is 1.81. The van der Waals surface area contributed by atoms with E-state index in [1.807, 2.05) is 0 Å². The molecule has 0 unspecified atom stereocenters. The van der Waals surface area contributed by atoms with Gasteiger partial charge in [0.25, 0.3) is 0 Å². The van der Waals surface area contributed by atoms with E-state index >= 15 is 0 Å². The molecular weight excluding hydrogens is 236 g/mol. The van der Waals surface area contributed by atoms with Crippen LogP contribution >= 0.6 is 0 Å². The average molecular weight is 254 g/mol. The lowest BCUT2D eigenvalue weighted by Crippen LogP contribution is -2.37. The van der Waals surface area contributed by atoms with Crippen molar-refractivity contribution in [2.75, 3.05) is 6.54 Å². The first-order valence-electron chi connectivity index (χ1n) is 6.36. The third-order valence-electron chi connectivity index (χ3n) is 3.40. The van der Waals surface area contributed by atoms with E-state index in [2.05, 4.69) is 10.6 Å². The highest BCUT2D eigenvalue weighted by Gasteiger charge is 2.56. The van der Waals surface area contributed by atoms with Gasteiger partial charge in [-0.15, -0.1) is 0 Å². The lowest BCUT2D eigenvalue weighted by atomic mass is 10.1. The average Bonchev–Trinajstić information content (AvgIpc) is 3.15. The highest BCUT2D eigenvalue weighted by atomic mass is 16.4. The number of carboxylic acid groups (broad SMARTS) is 1. The van der Waals surface area contributed by atoms with Crippen LogP contribution in [0, 0.1) is 5.41 Å². The smallest absolute Gasteiger partial charge is 0.319 e. The Bertz CT molecular complexity index is 372. The summed E-state index contributed by atoms with van der Waals surface area (Å²) in [6.07, 6.45) is 3.86. The van der Waals surface area contributed by atoms with E-state index in [4.69, 9.17) is 5.11 Å². The van der Waals surface area contributed by atoms with Crippen LogP contribution in [-0.4, -0.2) is 35.5 Å². The van der Waals surface area contributed by atoms with Crippen LogP contribution in [0.2, 0.25) is 0 Å². The third-order valence-corrected chi connectivity index (χ3v) is 3.40. The summed E-state index contributed by atoms with van der Waals surface area (Å²) in [6, 6.07) is 0.355. The summed E-state index contributed by atoms with van der Waals surface area (Å²) in [5.41, 5.74) is -1.18. The molecule has 0 atom stereocenters. The van der Waals surface area contributed by atoms with E-state index in [1.54, 1.807) is 0 Å². The zero-order chi connectivity index (χ0) is 13.2. The minimum Gasteiger partial charge on any atom is -0.480 e. The predicted octanol–water partition coefficient (Wildman–Crippen LogP) is 0.0262. The minimum atomic E-state index is -1.18. The van der Waals surface area contributed by atoms with Crippen molar-refractivity contribution in [3.05, 3.63) is 0 Å². The van der Waals surface area contributed by atoms with Crippen LogP contribution in [0.5, 0.6) is 0 Å². The summed E-state index contributed by atoms with van der Waals surface area (Å²) in [4.78, 5) is 33.8. The molecule has 0 aliphatic heterocycles. The molecule has 0 aromatic rings. The maximum Gasteiger partial charge on any atom is 0.319 e. The van der Waals surface area contributed by atoms with Gasteiger partial charge in [-0.3, -0.25) is 14.4 Å². The Kier molecular flexibility index (Phi) is 3.54. The first-order chi connectivity index (χ1) is 8.54. The number of aliphatic carboxylic acids is 1. The van der Waals surface area contributed by atoms with Crippen molar-refractivity contribution in [3.8, 4) is 0 Å². The number of carbonyl (C=O) groups excluding carboxylic acids is 2. The highest BCUT2D eigenvalue weighted by molar-refractivity contribution is 6.04. The Labute approximate surface area is 105 Å². The van der Waals surface area contributed by atoms with Gasteiger partial charge in [0.1, 0.15) is 5.41 Å². The molecule has 0 aromatic heterocycles. The number of hydrogen-bond acceptors (Lipinski definition) is 3. The van der Waals surface area contributed by atoms with Crippen molar-refractivity contribution in [1.82, 2.24) is 10.6 Å². The summed E-state index contributed by atoms with van der Waals surface area (Å²) in [5.74, 6) is -1.46. The second-order valence-electron chi connectivity index (χ2n) is 5.09. The molecule has 2 amide bonds. The van der Waals surface area contributed by atoms with Crippen molar-refractivity contribution in [2.24, 2.45) is 5.41 Å². The van der Waals surface area contributed by atoms with E-state index in [-0.39, 0.29) is 5.91 Å². The lowest BCUT2D eigenvalue weighted by molar-refractivity contribution is -0.149. The maximum absolute atomic E-state index is 11.6. The van der Waals surface area contributed by atoms with Crippen LogP contribution in [0.25, 0.3) is 0 Å². The first kappa shape index (κ1) is 12.9. The van der Waals surface area contributed by atoms with Crippen LogP contribution in [-0.2, 0) is 14.4 Å². The Morgan fingerprint density at radius 3 is 2.39 bits per heavy atom. The van der Waals surface area contributed by atoms with Crippen LogP contribution in [0.3, 0.4) is 0 Å². The molecule has 6 nitrogen and oxygen atoms in total. The zero-order valence-electron chi connectivity index (χ0n) is 10.2. The Hall–Kier alpha value is -1.59. The van der Waals surface area contributed by atoms with Crippen LogP contribution < -0.4 is 10.6 Å². The van der Waals surface area contributed by atoms with E-state index in [9.17, 15) is 14.4 Å².